The molecule has 3 aromatic carbocycles. The summed E-state index contributed by atoms with van der Waals surface area (Å²) >= 11 is 1.44. The molecule has 2 N–H and O–H groups in total. The van der Waals surface area contributed by atoms with E-state index in [9.17, 15) is 9.59 Å². The summed E-state index contributed by atoms with van der Waals surface area (Å²) in [5.74, 6) is 1.49. The lowest BCUT2D eigenvalue weighted by molar-refractivity contribution is -0.115. The molecule has 0 heterocycles. The maximum Gasteiger partial charge on any atom is 0.255 e. The summed E-state index contributed by atoms with van der Waals surface area (Å²) in [6.45, 7) is 4.67. The molecule has 0 radical (unpaired) electrons. The molecule has 3 aromatic rings. The zero-order valence-electron chi connectivity index (χ0n) is 21.0. The topological polar surface area (TPSA) is 85.9 Å². The van der Waals surface area contributed by atoms with Gasteiger partial charge in [-0.25, -0.2) is 0 Å². The number of hydrogen-bond donors (Lipinski definition) is 2. The van der Waals surface area contributed by atoms with Gasteiger partial charge in [0.05, 0.1) is 26.1 Å². The predicted molar refractivity (Wildman–Crippen MR) is 145 cm³/mol. The van der Waals surface area contributed by atoms with Crippen LogP contribution >= 0.6 is 11.8 Å². The molecule has 2 amide bonds. The van der Waals surface area contributed by atoms with E-state index in [2.05, 4.69) is 17.6 Å². The summed E-state index contributed by atoms with van der Waals surface area (Å²) in [7, 11) is 3.07. The fourth-order valence-corrected chi connectivity index (χ4v) is 4.14. The van der Waals surface area contributed by atoms with Crippen LogP contribution in [0.25, 0.3) is 0 Å². The molecule has 0 saturated carbocycles. The van der Waals surface area contributed by atoms with Crippen LogP contribution in [-0.4, -0.2) is 37.9 Å². The van der Waals surface area contributed by atoms with E-state index in [0.29, 0.717) is 29.4 Å². The van der Waals surface area contributed by atoms with E-state index in [-0.39, 0.29) is 17.1 Å². The van der Waals surface area contributed by atoms with E-state index in [1.54, 1.807) is 25.3 Å². The van der Waals surface area contributed by atoms with Gasteiger partial charge in [-0.3, -0.25) is 9.59 Å². The van der Waals surface area contributed by atoms with Crippen molar-refractivity contribution in [2.75, 3.05) is 31.5 Å². The normalized spacial score (nSPS) is 11.3. The summed E-state index contributed by atoms with van der Waals surface area (Å²) < 4.78 is 16.1. The van der Waals surface area contributed by atoms with Crippen LogP contribution in [0.4, 0.5) is 11.4 Å². The van der Waals surface area contributed by atoms with Gasteiger partial charge in [-0.05, 0) is 80.1 Å². The Hall–Kier alpha value is -3.65. The molecule has 0 saturated heterocycles. The number of benzene rings is 3. The zero-order chi connectivity index (χ0) is 25.9. The van der Waals surface area contributed by atoms with Crippen LogP contribution < -0.4 is 24.8 Å². The van der Waals surface area contributed by atoms with Crippen molar-refractivity contribution in [1.29, 1.82) is 0 Å². The number of unbranched alkanes of at least 4 members (excludes halogenated alkanes) is 1. The first-order chi connectivity index (χ1) is 17.4. The number of ether oxygens (including phenoxy) is 3. The van der Waals surface area contributed by atoms with Crippen molar-refractivity contribution < 1.29 is 23.8 Å². The largest absolute Gasteiger partial charge is 0.494 e. The fraction of sp³-hybridized carbons (Fsp3) is 0.286. The summed E-state index contributed by atoms with van der Waals surface area (Å²) in [6, 6.07) is 19.8. The SMILES string of the molecule is CCCCOc1ccc(NC(=O)C(C)Sc2ccc(NC(=O)c3ccc(OC)c(OC)c3)cc2)cc1. The Balaban J connectivity index is 1.52. The van der Waals surface area contributed by atoms with Gasteiger partial charge in [0, 0.05) is 21.8 Å². The van der Waals surface area contributed by atoms with E-state index >= 15 is 0 Å². The van der Waals surface area contributed by atoms with Crippen molar-refractivity contribution >= 4 is 35.0 Å². The molecule has 3 rings (SSSR count). The lowest BCUT2D eigenvalue weighted by Crippen LogP contribution is -2.22. The highest BCUT2D eigenvalue weighted by Crippen LogP contribution is 2.29. The molecule has 1 atom stereocenters. The minimum Gasteiger partial charge on any atom is -0.494 e. The van der Waals surface area contributed by atoms with Crippen LogP contribution in [0.15, 0.2) is 71.6 Å². The van der Waals surface area contributed by atoms with E-state index in [1.165, 1.54) is 18.9 Å². The summed E-state index contributed by atoms with van der Waals surface area (Å²) in [6.07, 6.45) is 2.10. The van der Waals surface area contributed by atoms with Crippen molar-refractivity contribution in [2.45, 2.75) is 36.8 Å². The van der Waals surface area contributed by atoms with E-state index in [1.807, 2.05) is 55.5 Å². The minimum absolute atomic E-state index is 0.0921. The number of hydrogen-bond acceptors (Lipinski definition) is 6. The van der Waals surface area contributed by atoms with Gasteiger partial charge < -0.3 is 24.8 Å². The van der Waals surface area contributed by atoms with Gasteiger partial charge in [0.2, 0.25) is 5.91 Å². The first kappa shape index (κ1) is 26.9. The second-order valence-corrected chi connectivity index (χ2v) is 9.44. The number of carbonyl (C=O) groups excluding carboxylic acids is 2. The Morgan fingerprint density at radius 2 is 1.50 bits per heavy atom. The molecule has 0 aliphatic rings. The Bertz CT molecular complexity index is 1150. The Kier molecular flexibility index (Phi) is 10.1. The van der Waals surface area contributed by atoms with Crippen molar-refractivity contribution in [3.8, 4) is 17.2 Å². The van der Waals surface area contributed by atoms with Gasteiger partial charge in [-0.2, -0.15) is 0 Å². The van der Waals surface area contributed by atoms with Crippen LogP contribution in [0, 0.1) is 0 Å². The molecule has 0 bridgehead atoms. The predicted octanol–water partition coefficient (Wildman–Crippen LogP) is 6.25. The first-order valence-corrected chi connectivity index (χ1v) is 12.6. The molecular formula is C28H32N2O5S. The average Bonchev–Trinajstić information content (AvgIpc) is 2.90. The van der Waals surface area contributed by atoms with Crippen molar-refractivity contribution in [3.63, 3.8) is 0 Å². The van der Waals surface area contributed by atoms with Gasteiger partial charge in [0.25, 0.3) is 5.91 Å². The number of rotatable bonds is 12. The molecule has 7 nitrogen and oxygen atoms in total. The number of amides is 2. The molecule has 0 aliphatic carbocycles. The minimum atomic E-state index is -0.308. The molecule has 0 aliphatic heterocycles. The summed E-state index contributed by atoms with van der Waals surface area (Å²) in [4.78, 5) is 26.2. The van der Waals surface area contributed by atoms with Crippen LogP contribution in [0.1, 0.15) is 37.0 Å². The van der Waals surface area contributed by atoms with Gasteiger partial charge in [-0.1, -0.05) is 13.3 Å². The number of methoxy groups -OCH3 is 2. The van der Waals surface area contributed by atoms with Gasteiger partial charge >= 0.3 is 0 Å². The molecule has 190 valence electrons. The van der Waals surface area contributed by atoms with Crippen molar-refractivity contribution in [2.24, 2.45) is 0 Å². The zero-order valence-corrected chi connectivity index (χ0v) is 21.8. The second-order valence-electron chi connectivity index (χ2n) is 8.02. The van der Waals surface area contributed by atoms with Crippen LogP contribution in [0.3, 0.4) is 0 Å². The fourth-order valence-electron chi connectivity index (χ4n) is 3.27. The van der Waals surface area contributed by atoms with E-state index in [4.69, 9.17) is 14.2 Å². The van der Waals surface area contributed by atoms with Gasteiger partial charge in [0.15, 0.2) is 11.5 Å². The van der Waals surface area contributed by atoms with Gasteiger partial charge in [-0.15, -0.1) is 11.8 Å². The monoisotopic (exact) mass is 508 g/mol. The molecule has 0 fully saturated rings. The third-order valence-electron chi connectivity index (χ3n) is 5.33. The first-order valence-electron chi connectivity index (χ1n) is 11.8. The highest BCUT2D eigenvalue weighted by molar-refractivity contribution is 8.00. The van der Waals surface area contributed by atoms with E-state index < -0.39 is 0 Å². The molecule has 0 aromatic heterocycles. The summed E-state index contributed by atoms with van der Waals surface area (Å²) in [5.41, 5.74) is 1.83. The lowest BCUT2D eigenvalue weighted by atomic mass is 10.2. The number of nitrogens with one attached hydrogen (secondary N) is 2. The van der Waals surface area contributed by atoms with E-state index in [0.717, 1.165) is 29.2 Å². The molecule has 1 unspecified atom stereocenters. The van der Waals surface area contributed by atoms with Gasteiger partial charge in [0.1, 0.15) is 5.75 Å². The van der Waals surface area contributed by atoms with Crippen LogP contribution in [0.2, 0.25) is 0 Å². The molecular weight excluding hydrogens is 476 g/mol. The third kappa shape index (κ3) is 7.68. The smallest absolute Gasteiger partial charge is 0.255 e. The van der Waals surface area contributed by atoms with Crippen molar-refractivity contribution in [3.05, 3.63) is 72.3 Å². The lowest BCUT2D eigenvalue weighted by Gasteiger charge is -2.13. The highest BCUT2D eigenvalue weighted by Gasteiger charge is 2.15. The second kappa shape index (κ2) is 13.4. The standard InChI is InChI=1S/C28H32N2O5S/c1-5-6-17-35-23-12-8-21(9-13-23)29-27(31)19(2)36-24-14-10-22(11-15-24)30-28(32)20-7-16-25(33-3)26(18-20)34-4/h7-16,18-19H,5-6,17H2,1-4H3,(H,29,31)(H,30,32). The number of carbonyl (C=O) groups is 2. The van der Waals surface area contributed by atoms with Crippen LogP contribution in [-0.2, 0) is 4.79 Å². The Morgan fingerprint density at radius 3 is 2.14 bits per heavy atom. The summed E-state index contributed by atoms with van der Waals surface area (Å²) in [5, 5.41) is 5.50. The Morgan fingerprint density at radius 1 is 0.861 bits per heavy atom. The maximum absolute atomic E-state index is 12.6. The molecule has 36 heavy (non-hydrogen) atoms. The third-order valence-corrected chi connectivity index (χ3v) is 6.44. The molecule has 8 heteroatoms. The molecule has 0 spiro atoms. The maximum atomic E-state index is 12.6. The highest BCUT2D eigenvalue weighted by atomic mass is 32.2. The number of anilines is 2. The number of thioether (sulfide) groups is 1. The van der Waals surface area contributed by atoms with Crippen molar-refractivity contribution in [1.82, 2.24) is 0 Å². The van der Waals surface area contributed by atoms with Crippen LogP contribution in [0.5, 0.6) is 17.2 Å². The average molecular weight is 509 g/mol. The Labute approximate surface area is 216 Å². The quantitative estimate of drug-likeness (QED) is 0.222.